The Morgan fingerprint density at radius 2 is 1.35 bits per heavy atom. The van der Waals surface area contributed by atoms with E-state index in [0.717, 1.165) is 0 Å². The van der Waals surface area contributed by atoms with Gasteiger partial charge >= 0.3 is 11.9 Å². The van der Waals surface area contributed by atoms with E-state index in [-0.39, 0.29) is 0 Å². The second-order valence-electron chi connectivity index (χ2n) is 3.51. The van der Waals surface area contributed by atoms with Crippen molar-refractivity contribution < 1.29 is 34.1 Å². The molecule has 4 atom stereocenters. The molecule has 0 saturated carbocycles. The number of rotatable bonds is 4. The Balaban J connectivity index is 3.17. The van der Waals surface area contributed by atoms with Crippen LogP contribution in [-0.4, -0.2) is 46.2 Å². The lowest BCUT2D eigenvalue weighted by molar-refractivity contribution is -0.159. The smallest absolute Gasteiger partial charge is 0.333 e. The van der Waals surface area contributed by atoms with E-state index in [1.807, 2.05) is 0 Å². The van der Waals surface area contributed by atoms with Crippen molar-refractivity contribution >= 4 is 23.8 Å². The van der Waals surface area contributed by atoms with Crippen molar-refractivity contribution in [3.05, 3.63) is 0 Å². The monoisotopic (exact) mass is 246 g/mol. The Kier molecular flexibility index (Phi) is 3.32. The van der Waals surface area contributed by atoms with Gasteiger partial charge in [-0.3, -0.25) is 14.4 Å². The van der Waals surface area contributed by atoms with Crippen LogP contribution in [0.3, 0.4) is 0 Å². The second-order valence-corrected chi connectivity index (χ2v) is 3.51. The molecule has 0 aromatic heterocycles. The average Bonchev–Trinajstić information content (AvgIpc) is 2.56. The van der Waals surface area contributed by atoms with Crippen molar-refractivity contribution in [1.82, 2.24) is 0 Å². The summed E-state index contributed by atoms with van der Waals surface area (Å²) < 4.78 is 4.68. The minimum atomic E-state index is -1.83. The first-order valence-electron chi connectivity index (χ1n) is 4.47. The van der Waals surface area contributed by atoms with Crippen LogP contribution < -0.4 is 11.5 Å². The van der Waals surface area contributed by atoms with Crippen molar-refractivity contribution in [2.24, 2.45) is 23.3 Å². The second kappa shape index (κ2) is 4.37. The minimum absolute atomic E-state index is 1.14. The summed E-state index contributed by atoms with van der Waals surface area (Å²) in [6, 6.07) is 0. The van der Waals surface area contributed by atoms with E-state index in [2.05, 4.69) is 4.74 Å². The number of aliphatic carboxylic acids is 2. The number of carbonyl (C=O) groups is 4. The predicted octanol–water partition coefficient (Wildman–Crippen LogP) is -2.87. The van der Waals surface area contributed by atoms with Crippen LogP contribution in [0.15, 0.2) is 0 Å². The number of carboxylic acid groups (broad SMARTS) is 2. The third-order valence-corrected chi connectivity index (χ3v) is 2.47. The number of nitrogens with two attached hydrogens (primary N) is 2. The minimum Gasteiger partial charge on any atom is -0.481 e. The van der Waals surface area contributed by atoms with Gasteiger partial charge in [0.2, 0.25) is 11.8 Å². The Labute approximate surface area is 94.3 Å². The lowest BCUT2D eigenvalue weighted by Crippen LogP contribution is -2.44. The van der Waals surface area contributed by atoms with Crippen LogP contribution in [0.25, 0.3) is 0 Å². The molecule has 9 heteroatoms. The van der Waals surface area contributed by atoms with Gasteiger partial charge in [0, 0.05) is 0 Å². The van der Waals surface area contributed by atoms with Crippen molar-refractivity contribution in [2.45, 2.75) is 12.2 Å². The fraction of sp³-hybridized carbons (Fsp3) is 0.500. The summed E-state index contributed by atoms with van der Waals surface area (Å²) in [6.07, 6.45) is -3.47. The van der Waals surface area contributed by atoms with Crippen LogP contribution >= 0.6 is 0 Å². The van der Waals surface area contributed by atoms with Gasteiger partial charge in [-0.15, -0.1) is 0 Å². The number of amides is 2. The third kappa shape index (κ3) is 2.18. The molecule has 0 aromatic rings. The van der Waals surface area contributed by atoms with Crippen LogP contribution in [0, 0.1) is 11.8 Å². The highest BCUT2D eigenvalue weighted by Gasteiger charge is 2.56. The standard InChI is InChI=1S/C8H10N2O7/c9-5(11)1-2(7(13)14)4(8(15)16)17-3(1)6(10)12/h1-4H,(H2,9,11)(H2,10,12)(H,13,14)(H,15,16). The molecule has 1 saturated heterocycles. The summed E-state index contributed by atoms with van der Waals surface area (Å²) in [7, 11) is 0. The van der Waals surface area contributed by atoms with E-state index in [1.54, 1.807) is 0 Å². The number of hydrogen-bond donors (Lipinski definition) is 4. The highest BCUT2D eigenvalue weighted by Crippen LogP contribution is 2.33. The molecule has 1 aliphatic rings. The summed E-state index contributed by atoms with van der Waals surface area (Å²) in [5.41, 5.74) is 9.83. The fourth-order valence-corrected chi connectivity index (χ4v) is 1.77. The normalized spacial score (nSPS) is 32.0. The highest BCUT2D eigenvalue weighted by molar-refractivity contribution is 5.95. The number of carboxylic acids is 2. The molecule has 0 radical (unpaired) electrons. The Bertz CT molecular complexity index is 357. The van der Waals surface area contributed by atoms with Crippen molar-refractivity contribution in [3.8, 4) is 0 Å². The first-order valence-corrected chi connectivity index (χ1v) is 4.47. The van der Waals surface area contributed by atoms with Gasteiger partial charge in [-0.1, -0.05) is 0 Å². The van der Waals surface area contributed by atoms with Gasteiger partial charge in [-0.25, -0.2) is 4.79 Å². The summed E-state index contributed by atoms with van der Waals surface area (Å²) in [4.78, 5) is 43.7. The molecule has 17 heavy (non-hydrogen) atoms. The lowest BCUT2D eigenvalue weighted by atomic mass is 9.86. The number of carbonyl (C=O) groups excluding carboxylic acids is 2. The van der Waals surface area contributed by atoms with Crippen LogP contribution in [0.2, 0.25) is 0 Å². The zero-order valence-electron chi connectivity index (χ0n) is 8.40. The van der Waals surface area contributed by atoms with Gasteiger partial charge in [0.25, 0.3) is 0 Å². The maximum Gasteiger partial charge on any atom is 0.333 e. The molecule has 0 aliphatic carbocycles. The van der Waals surface area contributed by atoms with E-state index < -0.39 is 47.8 Å². The zero-order valence-corrected chi connectivity index (χ0v) is 8.40. The van der Waals surface area contributed by atoms with Gasteiger partial charge in [0.15, 0.2) is 6.10 Å². The molecule has 6 N–H and O–H groups in total. The molecule has 1 fully saturated rings. The van der Waals surface area contributed by atoms with E-state index >= 15 is 0 Å². The summed E-state index contributed by atoms with van der Waals surface area (Å²) >= 11 is 0. The first kappa shape index (κ1) is 12.9. The van der Waals surface area contributed by atoms with Crippen LogP contribution in [0.1, 0.15) is 0 Å². The third-order valence-electron chi connectivity index (χ3n) is 2.47. The first-order chi connectivity index (χ1) is 7.77. The Morgan fingerprint density at radius 3 is 1.65 bits per heavy atom. The topological polar surface area (TPSA) is 170 Å². The molecule has 2 amide bonds. The molecular formula is C8H10N2O7. The number of ether oxygens (including phenoxy) is 1. The highest BCUT2D eigenvalue weighted by atomic mass is 16.5. The number of primary amides is 2. The van der Waals surface area contributed by atoms with Crippen molar-refractivity contribution in [2.75, 3.05) is 0 Å². The molecule has 1 rings (SSSR count). The molecule has 0 aromatic carbocycles. The Hall–Kier alpha value is -2.16. The molecule has 1 heterocycles. The molecule has 94 valence electrons. The largest absolute Gasteiger partial charge is 0.481 e. The Morgan fingerprint density at radius 1 is 0.824 bits per heavy atom. The SMILES string of the molecule is NC(=O)C1OC(C(=O)O)C(C(=O)O)C1C(N)=O. The lowest BCUT2D eigenvalue weighted by Gasteiger charge is -2.14. The molecule has 0 bridgehead atoms. The number of hydrogen-bond acceptors (Lipinski definition) is 5. The molecule has 4 unspecified atom stereocenters. The van der Waals surface area contributed by atoms with Gasteiger partial charge < -0.3 is 26.4 Å². The van der Waals surface area contributed by atoms with E-state index in [9.17, 15) is 19.2 Å². The fourth-order valence-electron chi connectivity index (χ4n) is 1.77. The van der Waals surface area contributed by atoms with Crippen LogP contribution in [0.5, 0.6) is 0 Å². The maximum atomic E-state index is 11.1. The van der Waals surface area contributed by atoms with Crippen LogP contribution in [0.4, 0.5) is 0 Å². The van der Waals surface area contributed by atoms with Gasteiger partial charge in [-0.2, -0.15) is 0 Å². The maximum absolute atomic E-state index is 11.1. The molecular weight excluding hydrogens is 236 g/mol. The molecule has 9 nitrogen and oxygen atoms in total. The zero-order chi connectivity index (χ0) is 13.3. The quantitative estimate of drug-likeness (QED) is 0.412. The van der Waals surface area contributed by atoms with Gasteiger partial charge in [0.1, 0.15) is 12.0 Å². The summed E-state index contributed by atoms with van der Waals surface area (Å²) in [5.74, 6) is -8.81. The molecule has 0 spiro atoms. The summed E-state index contributed by atoms with van der Waals surface area (Å²) in [5, 5.41) is 17.6. The van der Waals surface area contributed by atoms with E-state index in [1.165, 1.54) is 0 Å². The van der Waals surface area contributed by atoms with E-state index in [4.69, 9.17) is 21.7 Å². The van der Waals surface area contributed by atoms with Crippen LogP contribution in [-0.2, 0) is 23.9 Å². The molecule has 1 aliphatic heterocycles. The van der Waals surface area contributed by atoms with Crippen molar-refractivity contribution in [3.63, 3.8) is 0 Å². The van der Waals surface area contributed by atoms with Gasteiger partial charge in [0.05, 0.1) is 5.92 Å². The van der Waals surface area contributed by atoms with Gasteiger partial charge in [-0.05, 0) is 0 Å². The summed E-state index contributed by atoms with van der Waals surface area (Å²) in [6.45, 7) is 0. The average molecular weight is 246 g/mol. The van der Waals surface area contributed by atoms with E-state index in [0.29, 0.717) is 0 Å². The predicted molar refractivity (Wildman–Crippen MR) is 49.3 cm³/mol. The van der Waals surface area contributed by atoms with Crippen molar-refractivity contribution in [1.29, 1.82) is 0 Å².